The summed E-state index contributed by atoms with van der Waals surface area (Å²) < 4.78 is 10.7. The Balaban J connectivity index is 1.94. The number of hydrogen-bond acceptors (Lipinski definition) is 6. The minimum absolute atomic E-state index is 0.114. The molecular formula is C19H23N3O4. The van der Waals surface area contributed by atoms with Crippen molar-refractivity contribution in [2.24, 2.45) is 0 Å². The number of aromatic nitrogens is 1. The molecule has 1 aromatic heterocycles. The number of ether oxygens (including phenoxy) is 1. The molecular weight excluding hydrogens is 334 g/mol. The largest absolute Gasteiger partial charge is 0.444 e. The molecule has 1 unspecified atom stereocenters. The summed E-state index contributed by atoms with van der Waals surface area (Å²) in [6.45, 7) is 7.82. The first-order valence-electron chi connectivity index (χ1n) is 8.57. The average molecular weight is 357 g/mol. The zero-order chi connectivity index (χ0) is 18.9. The maximum Gasteiger partial charge on any atom is 0.412 e. The van der Waals surface area contributed by atoms with Crippen molar-refractivity contribution in [3.8, 4) is 0 Å². The van der Waals surface area contributed by atoms with Gasteiger partial charge in [-0.25, -0.2) is 14.6 Å². The number of amides is 1. The normalized spacial score (nSPS) is 17.3. The molecule has 2 aromatic rings. The van der Waals surface area contributed by atoms with E-state index in [1.807, 2.05) is 12.2 Å². The Labute approximate surface area is 151 Å². The van der Waals surface area contributed by atoms with Gasteiger partial charge in [-0.05, 0) is 51.8 Å². The van der Waals surface area contributed by atoms with Gasteiger partial charge in [-0.3, -0.25) is 5.32 Å². The summed E-state index contributed by atoms with van der Waals surface area (Å²) in [4.78, 5) is 29.0. The van der Waals surface area contributed by atoms with Crippen molar-refractivity contribution < 1.29 is 13.9 Å². The second-order valence-corrected chi connectivity index (χ2v) is 7.27. The van der Waals surface area contributed by atoms with E-state index in [1.165, 1.54) is 0 Å². The molecule has 0 saturated carbocycles. The lowest BCUT2D eigenvalue weighted by molar-refractivity contribution is 0.0636. The van der Waals surface area contributed by atoms with Crippen LogP contribution in [0.2, 0.25) is 0 Å². The maximum absolute atomic E-state index is 12.5. The van der Waals surface area contributed by atoms with Crippen LogP contribution in [0.25, 0.3) is 10.9 Å². The van der Waals surface area contributed by atoms with E-state index >= 15 is 0 Å². The molecule has 138 valence electrons. The fraction of sp³-hybridized carbons (Fsp3) is 0.421. The first-order chi connectivity index (χ1) is 12.2. The van der Waals surface area contributed by atoms with E-state index in [-0.39, 0.29) is 6.04 Å². The third kappa shape index (κ3) is 3.94. The summed E-state index contributed by atoms with van der Waals surface area (Å²) in [5.74, 6) is 0.374. The van der Waals surface area contributed by atoms with Crippen LogP contribution in [0.15, 0.2) is 33.5 Å². The van der Waals surface area contributed by atoms with Gasteiger partial charge < -0.3 is 14.5 Å². The van der Waals surface area contributed by atoms with E-state index in [4.69, 9.17) is 9.15 Å². The van der Waals surface area contributed by atoms with Gasteiger partial charge in [0.1, 0.15) is 5.60 Å². The van der Waals surface area contributed by atoms with Crippen LogP contribution in [-0.4, -0.2) is 23.2 Å². The quantitative estimate of drug-likeness (QED) is 0.800. The Morgan fingerprint density at radius 3 is 2.77 bits per heavy atom. The average Bonchev–Trinajstić information content (AvgIpc) is 2.56. The van der Waals surface area contributed by atoms with Gasteiger partial charge in [0.05, 0.1) is 16.9 Å². The first kappa shape index (κ1) is 18.1. The second-order valence-electron chi connectivity index (χ2n) is 7.27. The molecule has 3 rings (SSSR count). The molecule has 1 atom stereocenters. The number of anilines is 1. The van der Waals surface area contributed by atoms with Gasteiger partial charge in [0, 0.05) is 12.2 Å². The Kier molecular flexibility index (Phi) is 4.82. The molecule has 0 aliphatic carbocycles. The van der Waals surface area contributed by atoms with Crippen molar-refractivity contribution in [2.45, 2.75) is 45.8 Å². The number of carbonyl (C=O) groups is 1. The highest BCUT2D eigenvalue weighted by Gasteiger charge is 2.21. The summed E-state index contributed by atoms with van der Waals surface area (Å²) in [6.07, 6.45) is 4.20. The highest BCUT2D eigenvalue weighted by Crippen LogP contribution is 2.25. The van der Waals surface area contributed by atoms with Gasteiger partial charge in [0.2, 0.25) is 5.89 Å². The zero-order valence-corrected chi connectivity index (χ0v) is 15.4. The topological polar surface area (TPSA) is 93.5 Å². The summed E-state index contributed by atoms with van der Waals surface area (Å²) in [7, 11) is 0. The Bertz CT molecular complexity index is 925. The number of benzene rings is 1. The molecule has 2 heterocycles. The van der Waals surface area contributed by atoms with Crippen molar-refractivity contribution >= 4 is 22.7 Å². The third-order valence-electron chi connectivity index (χ3n) is 4.03. The molecule has 0 spiro atoms. The van der Waals surface area contributed by atoms with Crippen molar-refractivity contribution in [3.63, 3.8) is 0 Å². The zero-order valence-electron chi connectivity index (χ0n) is 15.4. The standard InChI is InChI=1S/C19H23N3O4/c1-11-12(22-18(24)26-19(2,3)4)8-9-13-15(11)17(23)25-16(21-13)14-7-5-6-10-20-14/h5-6,8-9,14,20H,7,10H2,1-4H3,(H,22,24). The van der Waals surface area contributed by atoms with Gasteiger partial charge in [-0.2, -0.15) is 0 Å². The molecule has 0 radical (unpaired) electrons. The summed E-state index contributed by atoms with van der Waals surface area (Å²) >= 11 is 0. The van der Waals surface area contributed by atoms with Crippen LogP contribution in [-0.2, 0) is 4.74 Å². The van der Waals surface area contributed by atoms with E-state index in [1.54, 1.807) is 39.8 Å². The van der Waals surface area contributed by atoms with Gasteiger partial charge in [0.15, 0.2) is 0 Å². The molecule has 2 N–H and O–H groups in total. The SMILES string of the molecule is Cc1c(NC(=O)OC(C)(C)C)ccc2nc(C3CC=CCN3)oc(=O)c12. The van der Waals surface area contributed by atoms with Crippen LogP contribution in [0.5, 0.6) is 0 Å². The number of aryl methyl sites for hydroxylation is 1. The van der Waals surface area contributed by atoms with Crippen molar-refractivity contribution in [1.82, 2.24) is 10.3 Å². The summed E-state index contributed by atoms with van der Waals surface area (Å²) in [5, 5.41) is 6.27. The molecule has 7 heteroatoms. The van der Waals surface area contributed by atoms with Gasteiger partial charge in [0.25, 0.3) is 0 Å². The van der Waals surface area contributed by atoms with E-state index in [9.17, 15) is 9.59 Å². The Morgan fingerprint density at radius 1 is 1.35 bits per heavy atom. The molecule has 1 aromatic carbocycles. The molecule has 26 heavy (non-hydrogen) atoms. The highest BCUT2D eigenvalue weighted by atomic mass is 16.6. The van der Waals surface area contributed by atoms with Crippen molar-refractivity contribution in [1.29, 1.82) is 0 Å². The number of nitrogens with one attached hydrogen (secondary N) is 2. The number of carbonyl (C=O) groups excluding carboxylic acids is 1. The second kappa shape index (κ2) is 6.92. The maximum atomic E-state index is 12.5. The molecule has 0 saturated heterocycles. The fourth-order valence-corrected chi connectivity index (χ4v) is 2.83. The van der Waals surface area contributed by atoms with Crippen molar-refractivity contribution in [3.05, 3.63) is 46.2 Å². The minimum atomic E-state index is -0.605. The predicted octanol–water partition coefficient (Wildman–Crippen LogP) is 3.43. The van der Waals surface area contributed by atoms with Crippen LogP contribution in [0.4, 0.5) is 10.5 Å². The van der Waals surface area contributed by atoms with E-state index in [2.05, 4.69) is 15.6 Å². The number of fused-ring (bicyclic) bond motifs is 1. The molecule has 1 aliphatic heterocycles. The number of hydrogen-bond donors (Lipinski definition) is 2. The third-order valence-corrected chi connectivity index (χ3v) is 4.03. The predicted molar refractivity (Wildman–Crippen MR) is 99.4 cm³/mol. The lowest BCUT2D eigenvalue weighted by atomic mass is 10.1. The van der Waals surface area contributed by atoms with Gasteiger partial charge >= 0.3 is 11.7 Å². The van der Waals surface area contributed by atoms with Crippen molar-refractivity contribution in [2.75, 3.05) is 11.9 Å². The van der Waals surface area contributed by atoms with Crippen LogP contribution < -0.4 is 16.3 Å². The van der Waals surface area contributed by atoms with Crippen LogP contribution >= 0.6 is 0 Å². The van der Waals surface area contributed by atoms with Gasteiger partial charge in [-0.15, -0.1) is 0 Å². The Hall–Kier alpha value is -2.67. The van der Waals surface area contributed by atoms with Crippen LogP contribution in [0.1, 0.15) is 44.7 Å². The molecule has 0 bridgehead atoms. The van der Waals surface area contributed by atoms with E-state index in [0.717, 1.165) is 6.42 Å². The fourth-order valence-electron chi connectivity index (χ4n) is 2.83. The summed E-state index contributed by atoms with van der Waals surface area (Å²) in [5.41, 5.74) is 0.558. The van der Waals surface area contributed by atoms with Gasteiger partial charge in [-0.1, -0.05) is 12.2 Å². The van der Waals surface area contributed by atoms with E-state index < -0.39 is 17.3 Å². The Morgan fingerprint density at radius 2 is 2.12 bits per heavy atom. The molecule has 7 nitrogen and oxygen atoms in total. The molecule has 0 fully saturated rings. The molecule has 1 amide bonds. The van der Waals surface area contributed by atoms with E-state index in [0.29, 0.717) is 34.6 Å². The lowest BCUT2D eigenvalue weighted by Gasteiger charge is -2.20. The first-order valence-corrected chi connectivity index (χ1v) is 8.57. The monoisotopic (exact) mass is 357 g/mol. The summed E-state index contributed by atoms with van der Waals surface area (Å²) in [6, 6.07) is 3.30. The van der Waals surface area contributed by atoms with Crippen LogP contribution in [0, 0.1) is 6.92 Å². The highest BCUT2D eigenvalue weighted by molar-refractivity contribution is 5.92. The lowest BCUT2D eigenvalue weighted by Crippen LogP contribution is -2.27. The number of nitrogens with zero attached hydrogens (tertiary/aromatic N) is 1. The van der Waals surface area contributed by atoms with Crippen LogP contribution in [0.3, 0.4) is 0 Å². The molecule has 1 aliphatic rings. The minimum Gasteiger partial charge on any atom is -0.444 e. The number of rotatable bonds is 2. The smallest absolute Gasteiger partial charge is 0.412 e.